The molecule has 0 spiro atoms. The summed E-state index contributed by atoms with van der Waals surface area (Å²) in [6.07, 6.45) is 0.335. The summed E-state index contributed by atoms with van der Waals surface area (Å²) in [5, 5.41) is 0. The van der Waals surface area contributed by atoms with E-state index in [4.69, 9.17) is 18.9 Å². The molecule has 3 fully saturated rings. The van der Waals surface area contributed by atoms with Crippen LogP contribution in [0.5, 0.6) is 11.5 Å². The van der Waals surface area contributed by atoms with Crippen molar-refractivity contribution >= 4 is 29.7 Å². The van der Waals surface area contributed by atoms with E-state index in [9.17, 15) is 19.2 Å². The average molecular weight is 609 g/mol. The van der Waals surface area contributed by atoms with E-state index in [-0.39, 0.29) is 42.5 Å². The van der Waals surface area contributed by atoms with Crippen molar-refractivity contribution in [1.29, 1.82) is 0 Å². The number of carbonyl (C=O) groups excluding carboxylic acids is 4. The number of carbonyl (C=O) groups is 4. The summed E-state index contributed by atoms with van der Waals surface area (Å²) in [5.74, 6) is 0.714. The van der Waals surface area contributed by atoms with Crippen LogP contribution in [0, 0.1) is 0 Å². The van der Waals surface area contributed by atoms with Crippen LogP contribution in [0.15, 0.2) is 48.5 Å². The molecule has 0 aliphatic carbocycles. The SMILES string of the molecule is COC(=O)CCC1COCCN1C(=O)c1ccc(Oc2ccc(N3CC4CN(C(=O)OC(C)(C)C)CCN4C3=O)cc2)cc1. The molecule has 12 nitrogen and oxygen atoms in total. The lowest BCUT2D eigenvalue weighted by Crippen LogP contribution is -2.54. The number of methoxy groups -OCH3 is 1. The molecule has 2 unspecified atom stereocenters. The van der Waals surface area contributed by atoms with Crippen molar-refractivity contribution in [2.75, 3.05) is 57.9 Å². The maximum atomic E-state index is 13.2. The molecule has 236 valence electrons. The Balaban J connectivity index is 1.16. The lowest BCUT2D eigenvalue weighted by atomic mass is 10.1. The normalized spacial score (nSPS) is 20.3. The maximum Gasteiger partial charge on any atom is 0.410 e. The molecule has 2 atom stereocenters. The van der Waals surface area contributed by atoms with Crippen molar-refractivity contribution in [3.8, 4) is 11.5 Å². The standard InChI is InChI=1S/C32H40N4O8/c1-32(2,3)44-31(40)33-15-16-35-25(19-33)20-36(30(35)39)23-7-12-27(13-8-23)43-26-10-5-22(6-11-26)29(38)34-17-18-42-21-24(34)9-14-28(37)41-4/h5-8,10-13,24-25H,9,14-21H2,1-4H3. The lowest BCUT2D eigenvalue weighted by molar-refractivity contribution is -0.141. The number of morpholine rings is 1. The van der Waals surface area contributed by atoms with Gasteiger partial charge in [0.25, 0.3) is 5.91 Å². The van der Waals surface area contributed by atoms with E-state index in [1.807, 2.05) is 37.8 Å². The molecular formula is C32H40N4O8. The summed E-state index contributed by atoms with van der Waals surface area (Å²) in [6, 6.07) is 13.8. The number of amides is 4. The quantitative estimate of drug-likeness (QED) is 0.431. The number of urea groups is 1. The van der Waals surface area contributed by atoms with Crippen molar-refractivity contribution in [2.24, 2.45) is 0 Å². The van der Waals surface area contributed by atoms with Crippen LogP contribution in [0.25, 0.3) is 0 Å². The van der Waals surface area contributed by atoms with Gasteiger partial charge in [0.2, 0.25) is 0 Å². The first-order chi connectivity index (χ1) is 21.0. The maximum absolute atomic E-state index is 13.2. The third-order valence-corrected chi connectivity index (χ3v) is 7.89. The van der Waals surface area contributed by atoms with Gasteiger partial charge in [-0.3, -0.25) is 14.5 Å². The summed E-state index contributed by atoms with van der Waals surface area (Å²) >= 11 is 0. The number of fused-ring (bicyclic) bond motifs is 1. The number of hydrogen-bond acceptors (Lipinski definition) is 8. The van der Waals surface area contributed by atoms with Gasteiger partial charge >= 0.3 is 18.1 Å². The number of benzene rings is 2. The Kier molecular flexibility index (Phi) is 9.28. The zero-order chi connectivity index (χ0) is 31.4. The number of ether oxygens (including phenoxy) is 4. The van der Waals surface area contributed by atoms with Gasteiger partial charge in [-0.05, 0) is 75.7 Å². The van der Waals surface area contributed by atoms with Gasteiger partial charge in [0.05, 0.1) is 32.4 Å². The molecule has 2 aromatic rings. The van der Waals surface area contributed by atoms with Gasteiger partial charge in [0.1, 0.15) is 17.1 Å². The Hall–Kier alpha value is -4.32. The van der Waals surface area contributed by atoms with E-state index >= 15 is 0 Å². The highest BCUT2D eigenvalue weighted by Crippen LogP contribution is 2.30. The highest BCUT2D eigenvalue weighted by molar-refractivity contribution is 5.95. The predicted octanol–water partition coefficient (Wildman–Crippen LogP) is 4.13. The van der Waals surface area contributed by atoms with Crippen LogP contribution in [0.1, 0.15) is 44.0 Å². The average Bonchev–Trinajstić information content (AvgIpc) is 3.35. The Morgan fingerprint density at radius 1 is 0.932 bits per heavy atom. The van der Waals surface area contributed by atoms with E-state index in [1.165, 1.54) is 7.11 Å². The van der Waals surface area contributed by atoms with Crippen molar-refractivity contribution in [1.82, 2.24) is 14.7 Å². The number of piperazine rings is 1. The van der Waals surface area contributed by atoms with Crippen LogP contribution >= 0.6 is 0 Å². The Bertz CT molecular complexity index is 1360. The van der Waals surface area contributed by atoms with Crippen molar-refractivity contribution in [2.45, 2.75) is 51.3 Å². The molecule has 3 aliphatic heterocycles. The zero-order valence-electron chi connectivity index (χ0n) is 25.7. The van der Waals surface area contributed by atoms with Crippen LogP contribution < -0.4 is 9.64 Å². The van der Waals surface area contributed by atoms with Crippen LogP contribution in [-0.2, 0) is 19.0 Å². The van der Waals surface area contributed by atoms with Crippen molar-refractivity contribution in [3.63, 3.8) is 0 Å². The van der Waals surface area contributed by atoms with Crippen molar-refractivity contribution in [3.05, 3.63) is 54.1 Å². The molecule has 0 saturated carbocycles. The summed E-state index contributed by atoms with van der Waals surface area (Å²) in [5.41, 5.74) is 0.690. The van der Waals surface area contributed by atoms with Gasteiger partial charge in [-0.1, -0.05) is 0 Å². The van der Waals surface area contributed by atoms with Crippen LogP contribution in [0.4, 0.5) is 15.3 Å². The van der Waals surface area contributed by atoms with Gasteiger partial charge in [0.15, 0.2) is 0 Å². The minimum Gasteiger partial charge on any atom is -0.469 e. The zero-order valence-corrected chi connectivity index (χ0v) is 25.7. The molecule has 0 bridgehead atoms. The first-order valence-electron chi connectivity index (χ1n) is 14.9. The van der Waals surface area contributed by atoms with Crippen molar-refractivity contribution < 1.29 is 38.1 Å². The number of anilines is 1. The fourth-order valence-corrected chi connectivity index (χ4v) is 5.62. The highest BCUT2D eigenvalue weighted by Gasteiger charge is 2.43. The van der Waals surface area contributed by atoms with Gasteiger partial charge < -0.3 is 33.6 Å². The third-order valence-electron chi connectivity index (χ3n) is 7.89. The van der Waals surface area contributed by atoms with Gasteiger partial charge in [-0.15, -0.1) is 0 Å². The Morgan fingerprint density at radius 2 is 1.61 bits per heavy atom. The minimum absolute atomic E-state index is 0.0828. The van der Waals surface area contributed by atoms with Crippen LogP contribution in [0.2, 0.25) is 0 Å². The molecule has 3 heterocycles. The largest absolute Gasteiger partial charge is 0.469 e. The Morgan fingerprint density at radius 3 is 2.27 bits per heavy atom. The van der Waals surface area contributed by atoms with Gasteiger partial charge in [0, 0.05) is 50.4 Å². The lowest BCUT2D eigenvalue weighted by Gasteiger charge is -2.36. The first kappa shape index (κ1) is 31.1. The van der Waals surface area contributed by atoms with E-state index in [2.05, 4.69) is 0 Å². The van der Waals surface area contributed by atoms with E-state index in [0.29, 0.717) is 69.4 Å². The van der Waals surface area contributed by atoms with E-state index in [1.54, 1.807) is 51.1 Å². The van der Waals surface area contributed by atoms with E-state index in [0.717, 1.165) is 5.69 Å². The number of hydrogen-bond donors (Lipinski definition) is 0. The fourth-order valence-electron chi connectivity index (χ4n) is 5.62. The second kappa shape index (κ2) is 13.1. The predicted molar refractivity (Wildman–Crippen MR) is 161 cm³/mol. The molecule has 3 aliphatic rings. The van der Waals surface area contributed by atoms with Gasteiger partial charge in [-0.2, -0.15) is 0 Å². The summed E-state index contributed by atoms with van der Waals surface area (Å²) in [7, 11) is 1.35. The minimum atomic E-state index is -0.574. The topological polar surface area (TPSA) is 118 Å². The highest BCUT2D eigenvalue weighted by atomic mass is 16.6. The molecule has 0 radical (unpaired) electrons. The second-order valence-electron chi connectivity index (χ2n) is 12.1. The van der Waals surface area contributed by atoms with E-state index < -0.39 is 5.60 Å². The number of esters is 1. The number of rotatable bonds is 7. The molecule has 0 aromatic heterocycles. The molecule has 12 heteroatoms. The molecule has 4 amide bonds. The molecule has 0 N–H and O–H groups in total. The third kappa shape index (κ3) is 7.24. The van der Waals surface area contributed by atoms with Gasteiger partial charge in [-0.25, -0.2) is 9.59 Å². The van der Waals surface area contributed by atoms with Crippen LogP contribution in [-0.4, -0.2) is 109 Å². The molecule has 2 aromatic carbocycles. The first-order valence-corrected chi connectivity index (χ1v) is 14.9. The molecular weight excluding hydrogens is 568 g/mol. The summed E-state index contributed by atoms with van der Waals surface area (Å²) in [6.45, 7) is 8.59. The Labute approximate surface area is 257 Å². The smallest absolute Gasteiger partial charge is 0.410 e. The monoisotopic (exact) mass is 608 g/mol. The van der Waals surface area contributed by atoms with Crippen LogP contribution in [0.3, 0.4) is 0 Å². The number of nitrogens with zero attached hydrogens (tertiary/aromatic N) is 4. The molecule has 5 rings (SSSR count). The molecule has 3 saturated heterocycles. The summed E-state index contributed by atoms with van der Waals surface area (Å²) in [4.78, 5) is 57.5. The fraction of sp³-hybridized carbons (Fsp3) is 0.500. The summed E-state index contributed by atoms with van der Waals surface area (Å²) < 4.78 is 21.8. The second-order valence-corrected chi connectivity index (χ2v) is 12.1. The molecule has 44 heavy (non-hydrogen) atoms.